The molecule has 0 bridgehead atoms. The van der Waals surface area contributed by atoms with Gasteiger partial charge in [-0.15, -0.1) is 0 Å². The molecule has 0 saturated heterocycles. The van der Waals surface area contributed by atoms with Gasteiger partial charge in [0.25, 0.3) is 0 Å². The van der Waals surface area contributed by atoms with Crippen molar-refractivity contribution in [3.8, 4) is 5.75 Å². The lowest BCUT2D eigenvalue weighted by Crippen LogP contribution is -2.28. The molecule has 2 aromatic rings. The third kappa shape index (κ3) is 3.66. The average Bonchev–Trinajstić information content (AvgIpc) is 3.39. The predicted octanol–water partition coefficient (Wildman–Crippen LogP) is 5.02. The van der Waals surface area contributed by atoms with Gasteiger partial charge < -0.3 is 14.9 Å². The number of fused-ring (bicyclic) bond motifs is 2. The zero-order valence-corrected chi connectivity index (χ0v) is 16.7. The maximum absolute atomic E-state index is 6.42. The van der Waals surface area contributed by atoms with Gasteiger partial charge in [0.15, 0.2) is 0 Å². The third-order valence-corrected chi connectivity index (χ3v) is 5.57. The minimum atomic E-state index is -0.409. The van der Waals surface area contributed by atoms with E-state index < -0.39 is 5.60 Å². The molecule has 0 amide bonds. The molecule has 1 heterocycles. The zero-order chi connectivity index (χ0) is 18.9. The molecular formula is C21H22Cl2N2O2. The second-order valence-electron chi connectivity index (χ2n) is 6.91. The lowest BCUT2D eigenvalue weighted by molar-refractivity contribution is 0.134. The summed E-state index contributed by atoms with van der Waals surface area (Å²) in [5.41, 5.74) is 2.58. The topological polar surface area (TPSA) is 42.8 Å². The minimum Gasteiger partial charge on any atom is -0.481 e. The Hall–Kier alpha value is -1.75. The highest BCUT2D eigenvalue weighted by atomic mass is 35.5. The van der Waals surface area contributed by atoms with Gasteiger partial charge in [0, 0.05) is 22.0 Å². The van der Waals surface area contributed by atoms with Gasteiger partial charge in [-0.1, -0.05) is 47.4 Å². The molecule has 4 rings (SSSR count). The van der Waals surface area contributed by atoms with Crippen LogP contribution in [0.25, 0.3) is 0 Å². The van der Waals surface area contributed by atoms with E-state index in [1.54, 1.807) is 0 Å². The molecule has 1 saturated carbocycles. The Labute approximate surface area is 169 Å². The molecule has 2 aliphatic rings. The van der Waals surface area contributed by atoms with Crippen LogP contribution < -0.4 is 10.1 Å². The monoisotopic (exact) mass is 404 g/mol. The van der Waals surface area contributed by atoms with Crippen molar-refractivity contribution in [1.29, 1.82) is 0 Å². The number of halogens is 2. The van der Waals surface area contributed by atoms with Gasteiger partial charge in [-0.25, -0.2) is 0 Å². The van der Waals surface area contributed by atoms with Gasteiger partial charge in [-0.3, -0.25) is 0 Å². The summed E-state index contributed by atoms with van der Waals surface area (Å²) in [7, 11) is 0. The van der Waals surface area contributed by atoms with Gasteiger partial charge in [-0.05, 0) is 55.4 Å². The summed E-state index contributed by atoms with van der Waals surface area (Å²) < 4.78 is 6.42. The van der Waals surface area contributed by atoms with Crippen molar-refractivity contribution in [2.75, 3.05) is 19.7 Å². The zero-order valence-electron chi connectivity index (χ0n) is 15.2. The van der Waals surface area contributed by atoms with Crippen LogP contribution in [0.5, 0.6) is 5.75 Å². The van der Waals surface area contributed by atoms with Crippen molar-refractivity contribution in [1.82, 2.24) is 5.32 Å². The second-order valence-corrected chi connectivity index (χ2v) is 7.79. The minimum absolute atomic E-state index is 0.168. The normalized spacial score (nSPS) is 24.1. The van der Waals surface area contributed by atoms with Gasteiger partial charge in [0.2, 0.25) is 0 Å². The highest BCUT2D eigenvalue weighted by Crippen LogP contribution is 2.60. The van der Waals surface area contributed by atoms with Crippen LogP contribution in [0, 0.1) is 5.92 Å². The third-order valence-electron chi connectivity index (χ3n) is 5.09. The first kappa shape index (κ1) is 18.6. The van der Waals surface area contributed by atoms with Gasteiger partial charge in [0.05, 0.1) is 11.6 Å². The molecule has 1 fully saturated rings. The maximum Gasteiger partial charge on any atom is 0.143 e. The summed E-state index contributed by atoms with van der Waals surface area (Å²) in [6, 6.07) is 13.5. The standard InChI is InChI=1S/C21H22Cl2N2O2/c1-2-24-10-3-11-26-25-20-17-9-8-16(23)12-19(17)27-21(13-18(20)21)14-4-6-15(22)7-5-14/h4-9,12,18,24H,2-3,10-11,13H2,1H3. The van der Waals surface area contributed by atoms with Crippen LogP contribution in [-0.2, 0) is 10.4 Å². The first-order valence-electron chi connectivity index (χ1n) is 9.29. The van der Waals surface area contributed by atoms with E-state index in [9.17, 15) is 0 Å². The number of oxime groups is 1. The van der Waals surface area contributed by atoms with Crippen LogP contribution in [0.4, 0.5) is 0 Å². The predicted molar refractivity (Wildman–Crippen MR) is 109 cm³/mol. The molecule has 6 heteroatoms. The van der Waals surface area contributed by atoms with E-state index in [0.717, 1.165) is 48.5 Å². The fraction of sp³-hybridized carbons (Fsp3) is 0.381. The number of nitrogens with one attached hydrogen (secondary N) is 1. The van der Waals surface area contributed by atoms with Crippen LogP contribution >= 0.6 is 23.2 Å². The van der Waals surface area contributed by atoms with Crippen LogP contribution in [0.2, 0.25) is 10.0 Å². The van der Waals surface area contributed by atoms with Crippen molar-refractivity contribution in [2.24, 2.45) is 11.1 Å². The quantitative estimate of drug-likeness (QED) is 0.520. The Morgan fingerprint density at radius 3 is 2.74 bits per heavy atom. The van der Waals surface area contributed by atoms with Gasteiger partial charge in [-0.2, -0.15) is 0 Å². The summed E-state index contributed by atoms with van der Waals surface area (Å²) in [4.78, 5) is 5.64. The van der Waals surface area contributed by atoms with E-state index >= 15 is 0 Å². The Bertz CT molecular complexity index is 854. The van der Waals surface area contributed by atoms with Crippen molar-refractivity contribution in [3.63, 3.8) is 0 Å². The van der Waals surface area contributed by atoms with E-state index in [1.165, 1.54) is 0 Å². The Morgan fingerprint density at radius 2 is 1.96 bits per heavy atom. The van der Waals surface area contributed by atoms with Crippen molar-refractivity contribution < 1.29 is 9.57 Å². The van der Waals surface area contributed by atoms with Gasteiger partial charge >= 0.3 is 0 Å². The van der Waals surface area contributed by atoms with Crippen molar-refractivity contribution in [2.45, 2.75) is 25.4 Å². The van der Waals surface area contributed by atoms with E-state index in [2.05, 4.69) is 17.4 Å². The van der Waals surface area contributed by atoms with Crippen LogP contribution in [0.1, 0.15) is 30.9 Å². The van der Waals surface area contributed by atoms with E-state index in [-0.39, 0.29) is 5.92 Å². The average molecular weight is 405 g/mol. The highest BCUT2D eigenvalue weighted by molar-refractivity contribution is 6.31. The molecule has 142 valence electrons. The SMILES string of the molecule is CCNCCCON=C1c2ccc(Cl)cc2OC2(c3ccc(Cl)cc3)CC12. The lowest BCUT2D eigenvalue weighted by Gasteiger charge is -2.27. The van der Waals surface area contributed by atoms with Crippen LogP contribution in [-0.4, -0.2) is 25.4 Å². The first-order valence-corrected chi connectivity index (χ1v) is 10.0. The Morgan fingerprint density at radius 1 is 1.19 bits per heavy atom. The van der Waals surface area contributed by atoms with E-state index in [4.69, 9.17) is 32.8 Å². The molecule has 0 radical (unpaired) electrons. The summed E-state index contributed by atoms with van der Waals surface area (Å²) in [6.07, 6.45) is 1.78. The van der Waals surface area contributed by atoms with Crippen molar-refractivity contribution in [3.05, 3.63) is 63.6 Å². The molecule has 1 aliphatic heterocycles. The molecule has 1 N–H and O–H groups in total. The summed E-state index contributed by atoms with van der Waals surface area (Å²) in [5, 5.41) is 9.14. The maximum atomic E-state index is 6.42. The Balaban J connectivity index is 1.60. The van der Waals surface area contributed by atoms with E-state index in [0.29, 0.717) is 16.7 Å². The largest absolute Gasteiger partial charge is 0.481 e. The summed E-state index contributed by atoms with van der Waals surface area (Å²) in [5.74, 6) is 0.919. The van der Waals surface area contributed by atoms with Gasteiger partial charge in [0.1, 0.15) is 18.0 Å². The fourth-order valence-electron chi connectivity index (χ4n) is 3.63. The number of benzene rings is 2. The fourth-order valence-corrected chi connectivity index (χ4v) is 3.92. The smallest absolute Gasteiger partial charge is 0.143 e. The number of ether oxygens (including phenoxy) is 1. The molecule has 2 aromatic carbocycles. The van der Waals surface area contributed by atoms with Crippen molar-refractivity contribution >= 4 is 28.9 Å². The second kappa shape index (κ2) is 7.70. The van der Waals surface area contributed by atoms with Crippen LogP contribution in [0.3, 0.4) is 0 Å². The molecule has 0 spiro atoms. The molecule has 1 aliphatic carbocycles. The lowest BCUT2D eigenvalue weighted by atomic mass is 9.96. The molecule has 27 heavy (non-hydrogen) atoms. The molecule has 0 aromatic heterocycles. The Kier molecular flexibility index (Phi) is 5.31. The first-order chi connectivity index (χ1) is 13.1. The summed E-state index contributed by atoms with van der Waals surface area (Å²) >= 11 is 12.3. The molecular weight excluding hydrogens is 383 g/mol. The highest BCUT2D eigenvalue weighted by Gasteiger charge is 2.64. The summed E-state index contributed by atoms with van der Waals surface area (Å²) in [6.45, 7) is 4.57. The number of rotatable bonds is 7. The number of hydrogen-bond donors (Lipinski definition) is 1. The number of nitrogens with zero attached hydrogens (tertiary/aromatic N) is 1. The number of hydrogen-bond acceptors (Lipinski definition) is 4. The van der Waals surface area contributed by atoms with Crippen LogP contribution in [0.15, 0.2) is 47.6 Å². The molecule has 2 unspecified atom stereocenters. The van der Waals surface area contributed by atoms with E-state index in [1.807, 2.05) is 42.5 Å². The molecule has 4 nitrogen and oxygen atoms in total. The molecule has 2 atom stereocenters.